The molecule has 0 heterocycles. The van der Waals surface area contributed by atoms with Crippen LogP contribution in [0.1, 0.15) is 19.8 Å². The molecule has 7 heteroatoms. The standard InChI is InChI=1S/C16H20AsN3O3/c1-2-3-12-18-14-8-10-16(11-9-14)20-19-15-6-4-13(5-7-15)17(21,22)23/h4-11,18H,2-3,12H2,1H3,(H2,21,22,23). The van der Waals surface area contributed by atoms with Gasteiger partial charge in [-0.1, -0.05) is 13.3 Å². The van der Waals surface area contributed by atoms with Gasteiger partial charge in [-0.3, -0.25) is 0 Å². The molecule has 0 bridgehead atoms. The number of anilines is 1. The molecular formula is C16H20AsN3O3. The molecule has 0 aromatic heterocycles. The quantitative estimate of drug-likeness (QED) is 0.393. The molecule has 0 atom stereocenters. The van der Waals surface area contributed by atoms with Crippen LogP contribution >= 0.6 is 0 Å². The van der Waals surface area contributed by atoms with Gasteiger partial charge in [0.25, 0.3) is 0 Å². The predicted molar refractivity (Wildman–Crippen MR) is 91.0 cm³/mol. The number of hydrogen-bond donors (Lipinski definition) is 3. The minimum absolute atomic E-state index is 0.0320. The van der Waals surface area contributed by atoms with Gasteiger partial charge in [0.05, 0.1) is 0 Å². The van der Waals surface area contributed by atoms with Crippen molar-refractivity contribution in [3.8, 4) is 0 Å². The van der Waals surface area contributed by atoms with Gasteiger partial charge in [0.1, 0.15) is 0 Å². The van der Waals surface area contributed by atoms with Crippen LogP contribution in [-0.4, -0.2) is 28.9 Å². The van der Waals surface area contributed by atoms with E-state index in [0.717, 1.165) is 25.1 Å². The van der Waals surface area contributed by atoms with Crippen LogP contribution in [0.2, 0.25) is 0 Å². The molecule has 122 valence electrons. The molecule has 23 heavy (non-hydrogen) atoms. The fourth-order valence-corrected chi connectivity index (χ4v) is 3.01. The van der Waals surface area contributed by atoms with Gasteiger partial charge in [-0.2, -0.15) is 0 Å². The van der Waals surface area contributed by atoms with Gasteiger partial charge in [-0.15, -0.1) is 0 Å². The predicted octanol–water partition coefficient (Wildman–Crippen LogP) is 2.88. The summed E-state index contributed by atoms with van der Waals surface area (Å²) in [4.78, 5) is 0. The third-order valence-corrected chi connectivity index (χ3v) is 5.23. The molecule has 0 unspecified atom stereocenters. The molecule has 0 fully saturated rings. The zero-order valence-corrected chi connectivity index (χ0v) is 14.8. The van der Waals surface area contributed by atoms with E-state index in [-0.39, 0.29) is 4.35 Å². The van der Waals surface area contributed by atoms with E-state index < -0.39 is 14.2 Å². The second kappa shape index (κ2) is 8.11. The fourth-order valence-electron chi connectivity index (χ4n) is 1.88. The first-order chi connectivity index (χ1) is 11.0. The number of hydrogen-bond acceptors (Lipinski definition) is 4. The van der Waals surface area contributed by atoms with Crippen molar-refractivity contribution in [1.82, 2.24) is 0 Å². The van der Waals surface area contributed by atoms with Crippen molar-refractivity contribution in [2.75, 3.05) is 11.9 Å². The first kappa shape index (κ1) is 17.5. The number of azo groups is 1. The van der Waals surface area contributed by atoms with Crippen LogP contribution < -0.4 is 9.67 Å². The van der Waals surface area contributed by atoms with Crippen LogP contribution in [0.5, 0.6) is 0 Å². The summed E-state index contributed by atoms with van der Waals surface area (Å²) in [5.74, 6) is 0. The second-order valence-electron chi connectivity index (χ2n) is 5.09. The maximum absolute atomic E-state index is 11.1. The van der Waals surface area contributed by atoms with Crippen molar-refractivity contribution in [2.24, 2.45) is 10.2 Å². The number of benzene rings is 2. The van der Waals surface area contributed by atoms with E-state index in [4.69, 9.17) is 8.19 Å². The van der Waals surface area contributed by atoms with Gasteiger partial charge in [0.2, 0.25) is 0 Å². The van der Waals surface area contributed by atoms with Gasteiger partial charge in [-0.05, 0) is 6.42 Å². The molecule has 0 saturated carbocycles. The van der Waals surface area contributed by atoms with Crippen molar-refractivity contribution in [1.29, 1.82) is 0 Å². The first-order valence-electron chi connectivity index (χ1n) is 7.41. The Kier molecular flexibility index (Phi) is 6.16. The summed E-state index contributed by atoms with van der Waals surface area (Å²) in [5.41, 5.74) is 2.31. The topological polar surface area (TPSA) is 94.3 Å². The Balaban J connectivity index is 1.98. The van der Waals surface area contributed by atoms with Crippen LogP contribution in [-0.2, 0) is 3.74 Å². The SMILES string of the molecule is CCCCNc1ccc(N=Nc2ccc([As](=O)(O)O)cc2)cc1. The fraction of sp³-hybridized carbons (Fsp3) is 0.250. The molecule has 2 aromatic rings. The minimum atomic E-state index is -4.83. The average molecular weight is 377 g/mol. The third-order valence-electron chi connectivity index (χ3n) is 3.19. The van der Waals surface area contributed by atoms with E-state index in [1.54, 1.807) is 12.1 Å². The van der Waals surface area contributed by atoms with Crippen LogP contribution in [0.4, 0.5) is 17.1 Å². The van der Waals surface area contributed by atoms with Crippen LogP contribution in [0.15, 0.2) is 58.8 Å². The molecule has 0 spiro atoms. The molecular weight excluding hydrogens is 357 g/mol. The molecule has 6 nitrogen and oxygen atoms in total. The molecule has 0 amide bonds. The van der Waals surface area contributed by atoms with Crippen molar-refractivity contribution in [2.45, 2.75) is 19.8 Å². The summed E-state index contributed by atoms with van der Waals surface area (Å²) in [7, 11) is 0. The first-order valence-corrected chi connectivity index (χ1v) is 10.8. The summed E-state index contributed by atoms with van der Waals surface area (Å²) in [6, 6.07) is 13.5. The van der Waals surface area contributed by atoms with Crippen molar-refractivity contribution >= 4 is 35.6 Å². The van der Waals surface area contributed by atoms with Gasteiger partial charge >= 0.3 is 118 Å². The number of rotatable bonds is 7. The number of unbranched alkanes of at least 4 members (excludes halogenated alkanes) is 1. The van der Waals surface area contributed by atoms with Crippen molar-refractivity contribution in [3.05, 3.63) is 48.5 Å². The Morgan fingerprint density at radius 2 is 1.48 bits per heavy atom. The summed E-state index contributed by atoms with van der Waals surface area (Å²) in [6.07, 6.45) is 2.29. The molecule has 0 aliphatic heterocycles. The normalized spacial score (nSPS) is 11.8. The van der Waals surface area contributed by atoms with Gasteiger partial charge in [-0.25, -0.2) is 0 Å². The van der Waals surface area contributed by atoms with Gasteiger partial charge < -0.3 is 0 Å². The maximum atomic E-state index is 11.1. The summed E-state index contributed by atoms with van der Waals surface area (Å²) in [6.45, 7) is 3.10. The Morgan fingerprint density at radius 3 is 1.96 bits per heavy atom. The second-order valence-corrected chi connectivity index (χ2v) is 8.45. The zero-order valence-electron chi connectivity index (χ0n) is 12.9. The molecule has 2 aromatic carbocycles. The number of nitrogens with one attached hydrogen (secondary N) is 1. The van der Waals surface area contributed by atoms with E-state index in [1.807, 2.05) is 24.3 Å². The van der Waals surface area contributed by atoms with Crippen molar-refractivity contribution < 1.29 is 11.9 Å². The Labute approximate surface area is 138 Å². The van der Waals surface area contributed by atoms with Gasteiger partial charge in [0.15, 0.2) is 0 Å². The molecule has 2 rings (SSSR count). The Hall–Kier alpha value is -1.88. The Bertz CT molecular complexity index is 694. The van der Waals surface area contributed by atoms with Crippen LogP contribution in [0, 0.1) is 0 Å². The summed E-state index contributed by atoms with van der Waals surface area (Å²) >= 11 is -4.83. The van der Waals surface area contributed by atoms with Crippen LogP contribution in [0.3, 0.4) is 0 Å². The third kappa shape index (κ3) is 5.67. The molecule has 0 aliphatic carbocycles. The molecule has 0 aliphatic rings. The number of nitrogens with zero attached hydrogens (tertiary/aromatic N) is 2. The Morgan fingerprint density at radius 1 is 0.957 bits per heavy atom. The van der Waals surface area contributed by atoms with E-state index in [9.17, 15) is 3.74 Å². The van der Waals surface area contributed by atoms with Crippen LogP contribution in [0.25, 0.3) is 0 Å². The van der Waals surface area contributed by atoms with E-state index >= 15 is 0 Å². The molecule has 0 saturated heterocycles. The van der Waals surface area contributed by atoms with E-state index in [2.05, 4.69) is 22.5 Å². The molecule has 0 radical (unpaired) electrons. The van der Waals surface area contributed by atoms with Crippen molar-refractivity contribution in [3.63, 3.8) is 0 Å². The summed E-state index contributed by atoms with van der Waals surface area (Å²) in [5, 5.41) is 11.5. The zero-order chi connectivity index (χ0) is 16.7. The van der Waals surface area contributed by atoms with Gasteiger partial charge in [0, 0.05) is 0 Å². The van der Waals surface area contributed by atoms with E-state index in [1.165, 1.54) is 12.1 Å². The monoisotopic (exact) mass is 377 g/mol. The van der Waals surface area contributed by atoms with E-state index in [0.29, 0.717) is 11.4 Å². The average Bonchev–Trinajstić information content (AvgIpc) is 2.54. The molecule has 3 N–H and O–H groups in total. The summed E-state index contributed by atoms with van der Waals surface area (Å²) < 4.78 is 29.4.